The van der Waals surface area contributed by atoms with E-state index < -0.39 is 0 Å². The number of amides is 1. The van der Waals surface area contributed by atoms with Crippen LogP contribution in [0.1, 0.15) is 20.8 Å². The molecule has 1 aliphatic heterocycles. The van der Waals surface area contributed by atoms with Crippen molar-refractivity contribution in [1.82, 2.24) is 10.2 Å². The molecule has 1 aliphatic rings. The van der Waals surface area contributed by atoms with Gasteiger partial charge in [-0.15, -0.1) is 0 Å². The molecule has 0 spiro atoms. The zero-order valence-electron chi connectivity index (χ0n) is 10.1. The van der Waals surface area contributed by atoms with Crippen molar-refractivity contribution in [3.63, 3.8) is 0 Å². The fourth-order valence-electron chi connectivity index (χ4n) is 1.93. The van der Waals surface area contributed by atoms with E-state index in [1.165, 1.54) is 0 Å². The Morgan fingerprint density at radius 1 is 1.60 bits per heavy atom. The molecular weight excluding hydrogens is 208 g/mol. The lowest BCUT2D eigenvalue weighted by Crippen LogP contribution is -2.57. The summed E-state index contributed by atoms with van der Waals surface area (Å²) in [6.07, 6.45) is 2.05. The molecule has 1 amide bonds. The maximum absolute atomic E-state index is 12.1. The normalized spacial score (nSPS) is 28.9. The van der Waals surface area contributed by atoms with Crippen LogP contribution in [0.3, 0.4) is 0 Å². The Hall–Kier alpha value is -0.220. The topological polar surface area (TPSA) is 32.3 Å². The summed E-state index contributed by atoms with van der Waals surface area (Å²) in [7, 11) is 0. The lowest BCUT2D eigenvalue weighted by molar-refractivity contribution is -0.137. The van der Waals surface area contributed by atoms with Gasteiger partial charge in [0.2, 0.25) is 5.91 Å². The quantitative estimate of drug-likeness (QED) is 0.790. The third-order valence-electron chi connectivity index (χ3n) is 2.89. The van der Waals surface area contributed by atoms with Crippen LogP contribution in [0.2, 0.25) is 0 Å². The number of hydrogen-bond acceptors (Lipinski definition) is 3. The molecule has 0 aromatic rings. The van der Waals surface area contributed by atoms with Crippen molar-refractivity contribution in [1.29, 1.82) is 0 Å². The Bertz CT molecular complexity index is 223. The van der Waals surface area contributed by atoms with Crippen LogP contribution in [-0.2, 0) is 4.79 Å². The number of nitrogens with zero attached hydrogens (tertiary/aromatic N) is 1. The van der Waals surface area contributed by atoms with Crippen molar-refractivity contribution < 1.29 is 4.79 Å². The van der Waals surface area contributed by atoms with E-state index in [0.717, 1.165) is 18.8 Å². The third-order valence-corrected chi connectivity index (χ3v) is 3.72. The molecule has 0 aromatic carbocycles. The molecule has 0 bridgehead atoms. The molecule has 3 nitrogen and oxygen atoms in total. The van der Waals surface area contributed by atoms with Gasteiger partial charge >= 0.3 is 0 Å². The van der Waals surface area contributed by atoms with E-state index in [1.54, 1.807) is 11.8 Å². The summed E-state index contributed by atoms with van der Waals surface area (Å²) >= 11 is 1.74. The molecule has 0 aliphatic carbocycles. The molecule has 0 aromatic heterocycles. The van der Waals surface area contributed by atoms with Crippen molar-refractivity contribution in [3.8, 4) is 0 Å². The highest BCUT2D eigenvalue weighted by molar-refractivity contribution is 7.98. The second kappa shape index (κ2) is 5.75. The standard InChI is InChI=1S/C11H22N2OS/c1-8(7-15-4)11(14)13-6-9(2)12-5-10(13)3/h8-10,12H,5-7H2,1-4H3. The molecule has 1 saturated heterocycles. The average molecular weight is 230 g/mol. The van der Waals surface area contributed by atoms with Crippen LogP contribution >= 0.6 is 11.8 Å². The molecule has 3 atom stereocenters. The summed E-state index contributed by atoms with van der Waals surface area (Å²) in [4.78, 5) is 14.2. The molecule has 1 fully saturated rings. The third kappa shape index (κ3) is 3.38. The van der Waals surface area contributed by atoms with Gasteiger partial charge in [-0.3, -0.25) is 4.79 Å². The molecule has 15 heavy (non-hydrogen) atoms. The Morgan fingerprint density at radius 2 is 2.27 bits per heavy atom. The lowest BCUT2D eigenvalue weighted by atomic mass is 10.1. The summed E-state index contributed by atoms with van der Waals surface area (Å²) < 4.78 is 0. The first kappa shape index (κ1) is 12.8. The average Bonchev–Trinajstić information content (AvgIpc) is 2.21. The fraction of sp³-hybridized carbons (Fsp3) is 0.909. The zero-order chi connectivity index (χ0) is 11.4. The van der Waals surface area contributed by atoms with Crippen LogP contribution in [-0.4, -0.2) is 48.0 Å². The predicted octanol–water partition coefficient (Wildman–Crippen LogP) is 1.19. The molecule has 1 heterocycles. The highest BCUT2D eigenvalue weighted by atomic mass is 32.2. The second-order valence-electron chi connectivity index (χ2n) is 4.51. The first-order chi connectivity index (χ1) is 7.06. The van der Waals surface area contributed by atoms with Gasteiger partial charge in [-0.2, -0.15) is 11.8 Å². The lowest BCUT2D eigenvalue weighted by Gasteiger charge is -2.38. The number of thioether (sulfide) groups is 1. The van der Waals surface area contributed by atoms with E-state index in [4.69, 9.17) is 0 Å². The first-order valence-electron chi connectivity index (χ1n) is 5.59. The molecule has 1 N–H and O–H groups in total. The Morgan fingerprint density at radius 3 is 2.87 bits per heavy atom. The van der Waals surface area contributed by atoms with Crippen molar-refractivity contribution in [2.24, 2.45) is 5.92 Å². The molecule has 0 saturated carbocycles. The van der Waals surface area contributed by atoms with Crippen LogP contribution < -0.4 is 5.32 Å². The van der Waals surface area contributed by atoms with Gasteiger partial charge in [0.15, 0.2) is 0 Å². The minimum absolute atomic E-state index is 0.146. The number of piperazine rings is 1. The van der Waals surface area contributed by atoms with E-state index in [-0.39, 0.29) is 5.92 Å². The van der Waals surface area contributed by atoms with Gasteiger partial charge < -0.3 is 10.2 Å². The predicted molar refractivity (Wildman–Crippen MR) is 66.2 cm³/mol. The molecule has 0 radical (unpaired) electrons. The second-order valence-corrected chi connectivity index (χ2v) is 5.42. The Kier molecular flexibility index (Phi) is 4.93. The number of carbonyl (C=O) groups excluding carboxylic acids is 1. The SMILES string of the molecule is CSCC(C)C(=O)N1CC(C)NCC1C. The summed E-state index contributed by atoms with van der Waals surface area (Å²) in [6.45, 7) is 8.03. The smallest absolute Gasteiger partial charge is 0.226 e. The Balaban J connectivity index is 2.56. The van der Waals surface area contributed by atoms with Crippen LogP contribution in [0.5, 0.6) is 0 Å². The molecule has 4 heteroatoms. The van der Waals surface area contributed by atoms with E-state index in [2.05, 4.69) is 19.2 Å². The molecular formula is C11H22N2OS. The highest BCUT2D eigenvalue weighted by Gasteiger charge is 2.28. The van der Waals surface area contributed by atoms with Gasteiger partial charge in [-0.1, -0.05) is 6.92 Å². The van der Waals surface area contributed by atoms with Crippen LogP contribution in [0.4, 0.5) is 0 Å². The van der Waals surface area contributed by atoms with Crippen LogP contribution in [0, 0.1) is 5.92 Å². The monoisotopic (exact) mass is 230 g/mol. The van der Waals surface area contributed by atoms with E-state index in [9.17, 15) is 4.79 Å². The van der Waals surface area contributed by atoms with Gasteiger partial charge in [-0.05, 0) is 20.1 Å². The van der Waals surface area contributed by atoms with Gasteiger partial charge in [0.1, 0.15) is 0 Å². The van der Waals surface area contributed by atoms with Gasteiger partial charge in [0.25, 0.3) is 0 Å². The summed E-state index contributed by atoms with van der Waals surface area (Å²) in [5.74, 6) is 1.38. The highest BCUT2D eigenvalue weighted by Crippen LogP contribution is 2.14. The fourth-order valence-corrected chi connectivity index (χ4v) is 2.58. The summed E-state index contributed by atoms with van der Waals surface area (Å²) in [5, 5.41) is 3.39. The van der Waals surface area contributed by atoms with Crippen LogP contribution in [0.15, 0.2) is 0 Å². The van der Waals surface area contributed by atoms with Gasteiger partial charge in [0.05, 0.1) is 0 Å². The van der Waals surface area contributed by atoms with Crippen molar-refractivity contribution in [2.45, 2.75) is 32.9 Å². The maximum atomic E-state index is 12.1. The summed E-state index contributed by atoms with van der Waals surface area (Å²) in [5.41, 5.74) is 0. The van der Waals surface area contributed by atoms with Crippen molar-refractivity contribution in [2.75, 3.05) is 25.1 Å². The van der Waals surface area contributed by atoms with Crippen LogP contribution in [0.25, 0.3) is 0 Å². The largest absolute Gasteiger partial charge is 0.337 e. The van der Waals surface area contributed by atoms with E-state index >= 15 is 0 Å². The number of hydrogen-bond donors (Lipinski definition) is 1. The van der Waals surface area contributed by atoms with Crippen molar-refractivity contribution >= 4 is 17.7 Å². The first-order valence-corrected chi connectivity index (χ1v) is 6.98. The maximum Gasteiger partial charge on any atom is 0.226 e. The van der Waals surface area contributed by atoms with Gasteiger partial charge in [-0.25, -0.2) is 0 Å². The number of carbonyl (C=O) groups is 1. The van der Waals surface area contributed by atoms with Gasteiger partial charge in [0, 0.05) is 36.8 Å². The number of nitrogens with one attached hydrogen (secondary N) is 1. The Labute approximate surface area is 97.0 Å². The molecule has 3 unspecified atom stereocenters. The summed E-state index contributed by atoms with van der Waals surface area (Å²) in [6, 6.07) is 0.754. The molecule has 1 rings (SSSR count). The minimum Gasteiger partial charge on any atom is -0.337 e. The van der Waals surface area contributed by atoms with E-state index in [0.29, 0.717) is 18.0 Å². The number of rotatable bonds is 3. The minimum atomic E-state index is 0.146. The van der Waals surface area contributed by atoms with E-state index in [1.807, 2.05) is 18.1 Å². The zero-order valence-corrected chi connectivity index (χ0v) is 10.9. The van der Waals surface area contributed by atoms with Crippen molar-refractivity contribution in [3.05, 3.63) is 0 Å². The molecule has 88 valence electrons.